The molecule has 12 heteroatoms. The summed E-state index contributed by atoms with van der Waals surface area (Å²) in [5, 5.41) is 0. The average Bonchev–Trinajstić information content (AvgIpc) is 3.13. The van der Waals surface area contributed by atoms with Gasteiger partial charge in [0, 0.05) is 19.5 Å². The molecule has 0 bridgehead atoms. The molecule has 1 aromatic heterocycles. The number of sulfonamides is 1. The molecule has 28 heavy (non-hydrogen) atoms. The van der Waals surface area contributed by atoms with Crippen molar-refractivity contribution in [3.8, 4) is 0 Å². The first-order valence-corrected chi connectivity index (χ1v) is 11.6. The van der Waals surface area contributed by atoms with E-state index in [1.807, 2.05) is 0 Å². The molecule has 2 aliphatic rings. The Morgan fingerprint density at radius 3 is 2.61 bits per heavy atom. The van der Waals surface area contributed by atoms with Gasteiger partial charge < -0.3 is 14.4 Å². The van der Waals surface area contributed by atoms with Gasteiger partial charge in [-0.25, -0.2) is 17.6 Å². The van der Waals surface area contributed by atoms with Crippen LogP contribution in [-0.2, 0) is 19.5 Å². The fraction of sp³-hybridized carbons (Fsp3) is 0.688. The highest BCUT2D eigenvalue weighted by molar-refractivity contribution is 7.89. The van der Waals surface area contributed by atoms with E-state index in [1.165, 1.54) is 11.0 Å². The zero-order valence-corrected chi connectivity index (χ0v) is 18.7. The third kappa shape index (κ3) is 3.99. The lowest BCUT2D eigenvalue weighted by Gasteiger charge is -2.44. The Balaban J connectivity index is 1.84. The predicted octanol–water partition coefficient (Wildman–Crippen LogP) is 3.75. The van der Waals surface area contributed by atoms with Crippen LogP contribution in [0.4, 0.5) is 9.18 Å². The van der Waals surface area contributed by atoms with Crippen molar-refractivity contribution < 1.29 is 27.1 Å². The molecule has 1 spiro atoms. The van der Waals surface area contributed by atoms with Crippen LogP contribution in [0.1, 0.15) is 27.2 Å². The molecular formula is C16H21Cl2FN2O5S2. The van der Waals surface area contributed by atoms with Crippen LogP contribution in [0.3, 0.4) is 0 Å². The monoisotopic (exact) mass is 474 g/mol. The number of hydrogen-bond acceptors (Lipinski definition) is 6. The summed E-state index contributed by atoms with van der Waals surface area (Å²) in [4.78, 5) is 13.3. The fourth-order valence-electron chi connectivity index (χ4n) is 3.32. The number of thiophene rings is 1. The smallest absolute Gasteiger partial charge is 0.410 e. The Morgan fingerprint density at radius 1 is 1.39 bits per heavy atom. The lowest BCUT2D eigenvalue weighted by Crippen LogP contribution is -2.63. The molecule has 0 aliphatic carbocycles. The van der Waals surface area contributed by atoms with Crippen LogP contribution in [-0.4, -0.2) is 67.5 Å². The zero-order valence-electron chi connectivity index (χ0n) is 15.6. The van der Waals surface area contributed by atoms with E-state index in [2.05, 4.69) is 0 Å². The highest BCUT2D eigenvalue weighted by Crippen LogP contribution is 2.43. The van der Waals surface area contributed by atoms with Crippen LogP contribution in [0.5, 0.6) is 0 Å². The lowest BCUT2D eigenvalue weighted by molar-refractivity contribution is -0.139. The topological polar surface area (TPSA) is 76.2 Å². The number of hydrogen-bond donors (Lipinski definition) is 0. The number of amides is 1. The fourth-order valence-corrected chi connectivity index (χ4v) is 7.16. The van der Waals surface area contributed by atoms with Gasteiger partial charge >= 0.3 is 6.09 Å². The largest absolute Gasteiger partial charge is 0.444 e. The minimum absolute atomic E-state index is 0.00801. The van der Waals surface area contributed by atoms with Crippen LogP contribution < -0.4 is 0 Å². The maximum atomic E-state index is 15.3. The van der Waals surface area contributed by atoms with E-state index in [-0.39, 0.29) is 46.2 Å². The number of piperidine rings is 1. The summed E-state index contributed by atoms with van der Waals surface area (Å²) >= 11 is 12.8. The van der Waals surface area contributed by atoms with Gasteiger partial charge in [0.25, 0.3) is 0 Å². The lowest BCUT2D eigenvalue weighted by atomic mass is 9.99. The molecule has 1 aromatic rings. The summed E-state index contributed by atoms with van der Waals surface area (Å²) in [7, 11) is -4.13. The summed E-state index contributed by atoms with van der Waals surface area (Å²) in [6.07, 6.45) is -2.42. The van der Waals surface area contributed by atoms with Gasteiger partial charge in [0.15, 0.2) is 11.9 Å². The van der Waals surface area contributed by atoms with Crippen LogP contribution >= 0.6 is 34.5 Å². The molecule has 2 aliphatic heterocycles. The van der Waals surface area contributed by atoms with Crippen molar-refractivity contribution in [1.82, 2.24) is 9.21 Å². The van der Waals surface area contributed by atoms with E-state index in [4.69, 9.17) is 32.7 Å². The second kappa shape index (κ2) is 7.55. The van der Waals surface area contributed by atoms with E-state index < -0.39 is 33.6 Å². The van der Waals surface area contributed by atoms with E-state index >= 15 is 4.39 Å². The van der Waals surface area contributed by atoms with Gasteiger partial charge in [0.1, 0.15) is 14.8 Å². The van der Waals surface area contributed by atoms with Crippen molar-refractivity contribution >= 4 is 50.7 Å². The predicted molar refractivity (Wildman–Crippen MR) is 104 cm³/mol. The summed E-state index contributed by atoms with van der Waals surface area (Å²) in [6, 6.07) is 1.25. The van der Waals surface area contributed by atoms with Gasteiger partial charge in [0.2, 0.25) is 10.0 Å². The molecule has 0 aromatic carbocycles. The van der Waals surface area contributed by atoms with Gasteiger partial charge in [-0.1, -0.05) is 23.2 Å². The van der Waals surface area contributed by atoms with Crippen molar-refractivity contribution in [2.24, 2.45) is 0 Å². The minimum Gasteiger partial charge on any atom is -0.444 e. The third-order valence-corrected chi connectivity index (χ3v) is 8.20. The van der Waals surface area contributed by atoms with Crippen molar-refractivity contribution in [1.29, 1.82) is 0 Å². The number of rotatable bonds is 2. The number of ether oxygens (including phenoxy) is 2. The zero-order chi connectivity index (χ0) is 20.9. The molecule has 1 amide bonds. The molecule has 3 rings (SSSR count). The molecule has 2 saturated heterocycles. The molecule has 2 unspecified atom stereocenters. The molecule has 0 saturated carbocycles. The van der Waals surface area contributed by atoms with Crippen molar-refractivity contribution in [2.75, 3.05) is 26.2 Å². The second-order valence-electron chi connectivity index (χ2n) is 7.60. The maximum Gasteiger partial charge on any atom is 0.410 e. The van der Waals surface area contributed by atoms with Gasteiger partial charge in [-0.2, -0.15) is 4.31 Å². The summed E-state index contributed by atoms with van der Waals surface area (Å²) in [5.74, 6) is 0. The molecule has 7 nitrogen and oxygen atoms in total. The first-order chi connectivity index (χ1) is 12.9. The van der Waals surface area contributed by atoms with Gasteiger partial charge in [-0.15, -0.1) is 11.3 Å². The molecule has 2 fully saturated rings. The van der Waals surface area contributed by atoms with Crippen molar-refractivity contribution in [3.63, 3.8) is 0 Å². The first kappa shape index (κ1) is 22.0. The van der Waals surface area contributed by atoms with Crippen molar-refractivity contribution in [2.45, 2.75) is 49.6 Å². The van der Waals surface area contributed by atoms with E-state index in [1.54, 1.807) is 20.8 Å². The average molecular weight is 475 g/mol. The Morgan fingerprint density at radius 2 is 2.07 bits per heavy atom. The highest BCUT2D eigenvalue weighted by atomic mass is 35.5. The molecular weight excluding hydrogens is 454 g/mol. The standard InChI is InChI=1S/C16H21Cl2FN2O5S2/c1-15(2,3)26-14(22)20-5-4-16(11(19)9-20)21(6-7-25-16)28(23,24)10-8-12(17)27-13(10)18/h8,11H,4-7,9H2,1-3H3. The summed E-state index contributed by atoms with van der Waals surface area (Å²) in [5.41, 5.74) is -2.40. The summed E-state index contributed by atoms with van der Waals surface area (Å²) in [6.45, 7) is 4.94. The van der Waals surface area contributed by atoms with E-state index in [0.717, 1.165) is 15.6 Å². The third-order valence-electron chi connectivity index (χ3n) is 4.52. The summed E-state index contributed by atoms with van der Waals surface area (Å²) < 4.78 is 53.6. The van der Waals surface area contributed by atoms with E-state index in [9.17, 15) is 13.2 Å². The van der Waals surface area contributed by atoms with Crippen LogP contribution in [0.15, 0.2) is 11.0 Å². The number of carbonyl (C=O) groups excluding carboxylic acids is 1. The highest BCUT2D eigenvalue weighted by Gasteiger charge is 2.57. The van der Waals surface area contributed by atoms with Crippen LogP contribution in [0.25, 0.3) is 0 Å². The quantitative estimate of drug-likeness (QED) is 0.652. The molecule has 3 heterocycles. The van der Waals surface area contributed by atoms with Gasteiger partial charge in [0.05, 0.1) is 17.5 Å². The molecule has 158 valence electrons. The number of nitrogens with zero attached hydrogens (tertiary/aromatic N) is 2. The molecule has 2 atom stereocenters. The maximum absolute atomic E-state index is 15.3. The number of carbonyl (C=O) groups is 1. The van der Waals surface area contributed by atoms with Gasteiger partial charge in [-0.3, -0.25) is 0 Å². The normalized spacial score (nSPS) is 26.8. The SMILES string of the molecule is CC(C)(C)OC(=O)N1CCC2(OCCN2S(=O)(=O)c2cc(Cl)sc2Cl)C(F)C1. The number of halogens is 3. The molecule has 0 N–H and O–H groups in total. The number of likely N-dealkylation sites (tertiary alicyclic amines) is 1. The van der Waals surface area contributed by atoms with Crippen LogP contribution in [0.2, 0.25) is 8.67 Å². The number of alkyl halides is 1. The second-order valence-corrected chi connectivity index (χ2v) is 11.7. The first-order valence-electron chi connectivity index (χ1n) is 8.60. The Bertz CT molecular complexity index is 873. The van der Waals surface area contributed by atoms with Crippen molar-refractivity contribution in [3.05, 3.63) is 14.7 Å². The van der Waals surface area contributed by atoms with Gasteiger partial charge in [-0.05, 0) is 26.8 Å². The Labute approximate surface area is 177 Å². The Kier molecular flexibility index (Phi) is 5.95. The molecule has 0 radical (unpaired) electrons. The Hall–Kier alpha value is -0.650. The minimum atomic E-state index is -4.13. The van der Waals surface area contributed by atoms with Crippen LogP contribution in [0, 0.1) is 0 Å². The van der Waals surface area contributed by atoms with E-state index in [0.29, 0.717) is 0 Å².